The van der Waals surface area contributed by atoms with Crippen molar-refractivity contribution in [3.63, 3.8) is 0 Å². The molecule has 4 unspecified atom stereocenters. The van der Waals surface area contributed by atoms with E-state index in [-0.39, 0.29) is 36.0 Å². The highest BCUT2D eigenvalue weighted by Gasteiger charge is 2.46. The minimum atomic E-state index is -0.383. The highest BCUT2D eigenvalue weighted by Crippen LogP contribution is 2.31. The summed E-state index contributed by atoms with van der Waals surface area (Å²) in [6.45, 7) is 4.51. The molecule has 21 heavy (non-hydrogen) atoms. The van der Waals surface area contributed by atoms with Crippen molar-refractivity contribution < 1.29 is 14.3 Å². The summed E-state index contributed by atoms with van der Waals surface area (Å²) in [4.78, 5) is 27.1. The zero-order chi connectivity index (χ0) is 15.0. The highest BCUT2D eigenvalue weighted by molar-refractivity contribution is 5.97. The molecule has 2 amide bonds. The van der Waals surface area contributed by atoms with Gasteiger partial charge in [-0.15, -0.1) is 0 Å². The summed E-state index contributed by atoms with van der Waals surface area (Å²) in [5.41, 5.74) is 0. The average Bonchev–Trinajstić information content (AvgIpc) is 2.90. The summed E-state index contributed by atoms with van der Waals surface area (Å²) >= 11 is 0. The molecule has 2 aliphatic heterocycles. The van der Waals surface area contributed by atoms with Gasteiger partial charge in [-0.2, -0.15) is 0 Å². The fourth-order valence-corrected chi connectivity index (χ4v) is 4.14. The van der Waals surface area contributed by atoms with Crippen molar-refractivity contribution in [3.05, 3.63) is 0 Å². The van der Waals surface area contributed by atoms with Crippen molar-refractivity contribution in [2.75, 3.05) is 6.61 Å². The van der Waals surface area contributed by atoms with E-state index in [1.807, 2.05) is 18.7 Å². The number of hydrogen-bond acceptors (Lipinski definition) is 3. The van der Waals surface area contributed by atoms with Gasteiger partial charge in [-0.3, -0.25) is 9.59 Å². The van der Waals surface area contributed by atoms with E-state index in [1.165, 1.54) is 19.3 Å². The molecule has 0 spiro atoms. The third-order valence-electron chi connectivity index (χ3n) is 5.43. The maximum absolute atomic E-state index is 13.0. The van der Waals surface area contributed by atoms with Crippen LogP contribution in [0.25, 0.3) is 0 Å². The van der Waals surface area contributed by atoms with E-state index in [0.29, 0.717) is 12.5 Å². The first-order valence-corrected chi connectivity index (χ1v) is 8.33. The van der Waals surface area contributed by atoms with E-state index < -0.39 is 0 Å². The third kappa shape index (κ3) is 2.68. The number of nitrogens with zero attached hydrogens (tertiary/aromatic N) is 1. The van der Waals surface area contributed by atoms with Gasteiger partial charge in [0.25, 0.3) is 0 Å². The van der Waals surface area contributed by atoms with Gasteiger partial charge in [0.05, 0.1) is 12.1 Å². The van der Waals surface area contributed by atoms with Gasteiger partial charge in [0.1, 0.15) is 12.1 Å². The summed E-state index contributed by atoms with van der Waals surface area (Å²) in [6, 6.07) is -0.655. The molecule has 5 nitrogen and oxygen atoms in total. The molecule has 118 valence electrons. The third-order valence-corrected chi connectivity index (χ3v) is 5.43. The summed E-state index contributed by atoms with van der Waals surface area (Å²) < 4.78 is 5.61. The van der Waals surface area contributed by atoms with E-state index in [1.54, 1.807) is 0 Å². The van der Waals surface area contributed by atoms with Gasteiger partial charge in [0, 0.05) is 6.61 Å². The van der Waals surface area contributed by atoms with Crippen molar-refractivity contribution in [3.8, 4) is 0 Å². The molecule has 2 heterocycles. The molecule has 0 aromatic heterocycles. The van der Waals surface area contributed by atoms with E-state index in [0.717, 1.165) is 19.3 Å². The topological polar surface area (TPSA) is 58.6 Å². The molecule has 3 aliphatic rings. The lowest BCUT2D eigenvalue weighted by atomic mass is 9.82. The lowest BCUT2D eigenvalue weighted by Crippen LogP contribution is -2.67. The molecule has 2 saturated heterocycles. The zero-order valence-corrected chi connectivity index (χ0v) is 13.0. The molecule has 1 aliphatic carbocycles. The fourth-order valence-electron chi connectivity index (χ4n) is 4.14. The van der Waals surface area contributed by atoms with Gasteiger partial charge in [0.15, 0.2) is 0 Å². The molecular weight excluding hydrogens is 268 g/mol. The maximum atomic E-state index is 13.0. The van der Waals surface area contributed by atoms with Crippen molar-refractivity contribution in [1.29, 1.82) is 0 Å². The molecule has 0 aromatic rings. The van der Waals surface area contributed by atoms with E-state index in [4.69, 9.17) is 4.74 Å². The first-order valence-electron chi connectivity index (χ1n) is 8.33. The summed E-state index contributed by atoms with van der Waals surface area (Å²) in [5, 5.41) is 2.98. The van der Waals surface area contributed by atoms with E-state index in [9.17, 15) is 9.59 Å². The number of piperazine rings is 1. The van der Waals surface area contributed by atoms with Crippen LogP contribution >= 0.6 is 0 Å². The molecule has 0 radical (unpaired) electrons. The fraction of sp³-hybridized carbons (Fsp3) is 0.875. The van der Waals surface area contributed by atoms with Crippen LogP contribution in [-0.2, 0) is 14.3 Å². The second-order valence-electron chi connectivity index (χ2n) is 6.74. The Morgan fingerprint density at radius 1 is 1.10 bits per heavy atom. The Morgan fingerprint density at radius 3 is 2.43 bits per heavy atom. The van der Waals surface area contributed by atoms with Crippen LogP contribution in [0.3, 0.4) is 0 Å². The second-order valence-corrected chi connectivity index (χ2v) is 6.74. The van der Waals surface area contributed by atoms with Crippen LogP contribution in [0.2, 0.25) is 0 Å². The van der Waals surface area contributed by atoms with Crippen molar-refractivity contribution in [1.82, 2.24) is 10.2 Å². The van der Waals surface area contributed by atoms with Gasteiger partial charge < -0.3 is 15.0 Å². The smallest absolute Gasteiger partial charge is 0.246 e. The molecular formula is C16H26N2O3. The van der Waals surface area contributed by atoms with Crippen LogP contribution in [0.15, 0.2) is 0 Å². The second kappa shape index (κ2) is 5.95. The minimum absolute atomic E-state index is 0.00993. The Labute approximate surface area is 126 Å². The van der Waals surface area contributed by atoms with Crippen LogP contribution < -0.4 is 5.32 Å². The number of carbonyl (C=O) groups is 2. The minimum Gasteiger partial charge on any atom is -0.376 e. The number of amides is 2. The van der Waals surface area contributed by atoms with Gasteiger partial charge in [-0.1, -0.05) is 19.3 Å². The first-order chi connectivity index (χ1) is 10.1. The maximum Gasteiger partial charge on any atom is 0.246 e. The monoisotopic (exact) mass is 294 g/mol. The molecule has 0 bridgehead atoms. The summed E-state index contributed by atoms with van der Waals surface area (Å²) in [5.74, 6) is 0.406. The molecule has 3 fully saturated rings. The molecule has 5 heteroatoms. The van der Waals surface area contributed by atoms with Crippen LogP contribution in [0, 0.1) is 5.92 Å². The Bertz CT molecular complexity index is 420. The highest BCUT2D eigenvalue weighted by atomic mass is 16.5. The Balaban J connectivity index is 1.80. The molecule has 4 atom stereocenters. The molecule has 0 aromatic carbocycles. The van der Waals surface area contributed by atoms with Gasteiger partial charge in [-0.05, 0) is 39.0 Å². The number of ether oxygens (including phenoxy) is 1. The standard InChI is InChI=1S/C16H26N2O3/c1-10-15(19)17-14(12-6-4-3-5-7-12)16(20)18(10)13-8-9-21-11(13)2/h10-14H,3-9H2,1-2H3,(H,17,19). The largest absolute Gasteiger partial charge is 0.376 e. The van der Waals surface area contributed by atoms with E-state index >= 15 is 0 Å². The van der Waals surface area contributed by atoms with Gasteiger partial charge in [-0.25, -0.2) is 0 Å². The summed E-state index contributed by atoms with van der Waals surface area (Å²) in [6.07, 6.45) is 6.55. The van der Waals surface area contributed by atoms with Crippen molar-refractivity contribution >= 4 is 11.8 Å². The number of nitrogens with one attached hydrogen (secondary N) is 1. The van der Waals surface area contributed by atoms with Gasteiger partial charge >= 0.3 is 0 Å². The zero-order valence-electron chi connectivity index (χ0n) is 13.0. The number of rotatable bonds is 2. The first kappa shape index (κ1) is 14.8. The predicted octanol–water partition coefficient (Wildman–Crippen LogP) is 1.46. The quantitative estimate of drug-likeness (QED) is 0.839. The predicted molar refractivity (Wildman–Crippen MR) is 78.6 cm³/mol. The SMILES string of the molecule is CC1OCCC1N1C(=O)C(C2CCCCC2)NC(=O)C1C. The lowest BCUT2D eigenvalue weighted by Gasteiger charge is -2.44. The van der Waals surface area contributed by atoms with Crippen molar-refractivity contribution in [2.45, 2.75) is 76.6 Å². The van der Waals surface area contributed by atoms with Crippen molar-refractivity contribution in [2.24, 2.45) is 5.92 Å². The normalized spacial score (nSPS) is 38.7. The van der Waals surface area contributed by atoms with E-state index in [2.05, 4.69) is 5.32 Å². The molecule has 1 N–H and O–H groups in total. The Morgan fingerprint density at radius 2 is 1.81 bits per heavy atom. The Kier molecular flexibility index (Phi) is 4.20. The van der Waals surface area contributed by atoms with Crippen LogP contribution in [0.4, 0.5) is 0 Å². The molecule has 3 rings (SSSR count). The Hall–Kier alpha value is -1.10. The average molecular weight is 294 g/mol. The number of hydrogen-bond donors (Lipinski definition) is 1. The van der Waals surface area contributed by atoms with Crippen LogP contribution in [0.1, 0.15) is 52.4 Å². The number of carbonyl (C=O) groups excluding carboxylic acids is 2. The summed E-state index contributed by atoms with van der Waals surface area (Å²) in [7, 11) is 0. The van der Waals surface area contributed by atoms with Crippen LogP contribution in [0.5, 0.6) is 0 Å². The van der Waals surface area contributed by atoms with Crippen LogP contribution in [-0.4, -0.2) is 47.6 Å². The van der Waals surface area contributed by atoms with Gasteiger partial charge in [0.2, 0.25) is 11.8 Å². The lowest BCUT2D eigenvalue weighted by molar-refractivity contribution is -0.154. The molecule has 1 saturated carbocycles.